The number of hydrogen-bond acceptors (Lipinski definition) is 4. The third-order valence-corrected chi connectivity index (χ3v) is 6.44. The summed E-state index contributed by atoms with van der Waals surface area (Å²) in [5.74, 6) is -0.110. The van der Waals surface area contributed by atoms with Gasteiger partial charge in [-0.2, -0.15) is 5.26 Å². The predicted octanol–water partition coefficient (Wildman–Crippen LogP) is 5.04. The summed E-state index contributed by atoms with van der Waals surface area (Å²) in [5.41, 5.74) is 5.79. The van der Waals surface area contributed by atoms with Crippen molar-refractivity contribution in [2.45, 2.75) is 46.0 Å². The molecule has 0 aliphatic heterocycles. The molecule has 2 aromatic heterocycles. The van der Waals surface area contributed by atoms with Crippen LogP contribution in [0.5, 0.6) is 0 Å². The van der Waals surface area contributed by atoms with Gasteiger partial charge >= 0.3 is 0 Å². The molecule has 1 aliphatic carbocycles. The Balaban J connectivity index is 1.58. The lowest BCUT2D eigenvalue weighted by atomic mass is 9.96. The first kappa shape index (κ1) is 16.9. The summed E-state index contributed by atoms with van der Waals surface area (Å²) >= 11 is 1.56. The van der Waals surface area contributed by atoms with E-state index in [1.54, 1.807) is 17.6 Å². The van der Waals surface area contributed by atoms with Gasteiger partial charge in [0.15, 0.2) is 0 Å². The molecule has 1 N–H and O–H groups in total. The van der Waals surface area contributed by atoms with Gasteiger partial charge in [-0.1, -0.05) is 12.1 Å². The van der Waals surface area contributed by atoms with Gasteiger partial charge in [0.25, 0.3) is 0 Å². The molecular formula is C21H20N2O2S. The third-order valence-electron chi connectivity index (χ3n) is 5.23. The Morgan fingerprint density at radius 2 is 2.12 bits per heavy atom. The maximum atomic E-state index is 12.6. The molecule has 3 aromatic rings. The monoisotopic (exact) mass is 364 g/mol. The van der Waals surface area contributed by atoms with E-state index in [0.29, 0.717) is 10.6 Å². The van der Waals surface area contributed by atoms with Crippen LogP contribution in [0.3, 0.4) is 0 Å². The van der Waals surface area contributed by atoms with Gasteiger partial charge in [0, 0.05) is 15.8 Å². The number of carbonyl (C=O) groups is 1. The number of thiophene rings is 1. The van der Waals surface area contributed by atoms with E-state index in [9.17, 15) is 10.1 Å². The average molecular weight is 364 g/mol. The molecular weight excluding hydrogens is 344 g/mol. The van der Waals surface area contributed by atoms with E-state index in [0.717, 1.165) is 53.3 Å². The van der Waals surface area contributed by atoms with Gasteiger partial charge in [-0.3, -0.25) is 4.79 Å². The van der Waals surface area contributed by atoms with Crippen LogP contribution in [-0.2, 0) is 24.1 Å². The van der Waals surface area contributed by atoms with E-state index < -0.39 is 0 Å². The van der Waals surface area contributed by atoms with Crippen LogP contribution < -0.4 is 5.32 Å². The molecule has 1 amide bonds. The summed E-state index contributed by atoms with van der Waals surface area (Å²) in [7, 11) is 0. The first-order valence-corrected chi connectivity index (χ1v) is 9.71. The lowest BCUT2D eigenvalue weighted by molar-refractivity contribution is -0.115. The summed E-state index contributed by atoms with van der Waals surface area (Å²) in [4.78, 5) is 13.9. The summed E-state index contributed by atoms with van der Waals surface area (Å²) in [6, 6.07) is 6.35. The molecule has 4 nitrogen and oxygen atoms in total. The second kappa shape index (κ2) is 6.62. The van der Waals surface area contributed by atoms with Crippen molar-refractivity contribution in [3.8, 4) is 6.07 Å². The van der Waals surface area contributed by atoms with Crippen LogP contribution in [0.4, 0.5) is 5.00 Å². The Hall–Kier alpha value is -2.58. The number of anilines is 1. The number of amides is 1. The maximum Gasteiger partial charge on any atom is 0.229 e. The van der Waals surface area contributed by atoms with Crippen molar-refractivity contribution >= 4 is 33.2 Å². The van der Waals surface area contributed by atoms with Crippen molar-refractivity contribution in [2.24, 2.45) is 0 Å². The summed E-state index contributed by atoms with van der Waals surface area (Å²) in [6.45, 7) is 4.08. The number of nitrogens with zero attached hydrogens (tertiary/aromatic N) is 1. The van der Waals surface area contributed by atoms with E-state index in [2.05, 4.69) is 17.5 Å². The second-order valence-corrected chi connectivity index (χ2v) is 8.00. The molecule has 1 aliphatic rings. The van der Waals surface area contributed by atoms with Crippen LogP contribution in [-0.4, -0.2) is 5.91 Å². The van der Waals surface area contributed by atoms with Gasteiger partial charge in [-0.05, 0) is 56.2 Å². The zero-order valence-electron chi connectivity index (χ0n) is 14.9. The number of aryl methyl sites for hydroxylation is 3. The van der Waals surface area contributed by atoms with Crippen LogP contribution in [0.25, 0.3) is 11.0 Å². The van der Waals surface area contributed by atoms with Gasteiger partial charge in [0.1, 0.15) is 16.7 Å². The normalized spacial score (nSPS) is 13.4. The molecule has 2 heterocycles. The molecule has 1 aromatic carbocycles. The van der Waals surface area contributed by atoms with Crippen LogP contribution in [0.15, 0.2) is 22.8 Å². The Bertz CT molecular complexity index is 1050. The molecule has 5 heteroatoms. The Kier molecular flexibility index (Phi) is 4.29. The standard InChI is InChI=1S/C21H20N2O2S/c1-12-7-8-15-14(11-25-20(15)13(12)2)9-19(24)23-21-17(10-22)16-5-3-4-6-18(16)26-21/h7-8,11H,3-6,9H2,1-2H3,(H,23,24). The van der Waals surface area contributed by atoms with E-state index in [1.807, 2.05) is 19.9 Å². The highest BCUT2D eigenvalue weighted by atomic mass is 32.1. The largest absolute Gasteiger partial charge is 0.464 e. The fourth-order valence-electron chi connectivity index (χ4n) is 3.64. The Labute approximate surface area is 156 Å². The number of fused-ring (bicyclic) bond motifs is 2. The van der Waals surface area contributed by atoms with E-state index in [4.69, 9.17) is 4.42 Å². The number of carbonyl (C=O) groups excluding carboxylic acids is 1. The van der Waals surface area contributed by atoms with Gasteiger partial charge < -0.3 is 9.73 Å². The number of benzene rings is 1. The van der Waals surface area contributed by atoms with E-state index in [-0.39, 0.29) is 12.3 Å². The van der Waals surface area contributed by atoms with Crippen LogP contribution in [0.2, 0.25) is 0 Å². The molecule has 0 saturated carbocycles. The number of nitrogens with one attached hydrogen (secondary N) is 1. The lowest BCUT2D eigenvalue weighted by Crippen LogP contribution is -2.14. The summed E-state index contributed by atoms with van der Waals surface area (Å²) in [5, 5.41) is 14.2. The molecule has 132 valence electrons. The molecule has 0 unspecified atom stereocenters. The molecule has 26 heavy (non-hydrogen) atoms. The quantitative estimate of drug-likeness (QED) is 0.708. The topological polar surface area (TPSA) is 66.0 Å². The van der Waals surface area contributed by atoms with Crippen LogP contribution in [0.1, 0.15) is 45.5 Å². The number of nitriles is 1. The maximum absolute atomic E-state index is 12.6. The molecule has 0 saturated heterocycles. The minimum Gasteiger partial charge on any atom is -0.464 e. The number of furan rings is 1. The highest BCUT2D eigenvalue weighted by Gasteiger charge is 2.22. The summed E-state index contributed by atoms with van der Waals surface area (Å²) in [6.07, 6.45) is 6.13. The molecule has 0 spiro atoms. The zero-order chi connectivity index (χ0) is 18.3. The molecule has 4 rings (SSSR count). The fourth-order valence-corrected chi connectivity index (χ4v) is 4.90. The van der Waals surface area contributed by atoms with Gasteiger partial charge in [-0.25, -0.2) is 0 Å². The van der Waals surface area contributed by atoms with Crippen LogP contribution >= 0.6 is 11.3 Å². The molecule has 0 radical (unpaired) electrons. The van der Waals surface area contributed by atoms with Crippen molar-refractivity contribution in [1.29, 1.82) is 5.26 Å². The molecule has 0 atom stereocenters. The van der Waals surface area contributed by atoms with Crippen molar-refractivity contribution in [2.75, 3.05) is 5.32 Å². The molecule has 0 fully saturated rings. The number of hydrogen-bond donors (Lipinski definition) is 1. The van der Waals surface area contributed by atoms with Crippen molar-refractivity contribution < 1.29 is 9.21 Å². The first-order chi connectivity index (χ1) is 12.6. The van der Waals surface area contributed by atoms with Crippen molar-refractivity contribution in [3.05, 3.63) is 51.1 Å². The van der Waals surface area contributed by atoms with Gasteiger partial charge in [0.05, 0.1) is 18.2 Å². The predicted molar refractivity (Wildman–Crippen MR) is 104 cm³/mol. The SMILES string of the molecule is Cc1ccc2c(CC(=O)Nc3sc4c(c3C#N)CCCC4)coc2c1C. The highest BCUT2D eigenvalue weighted by Crippen LogP contribution is 2.37. The second-order valence-electron chi connectivity index (χ2n) is 6.90. The van der Waals surface area contributed by atoms with Gasteiger partial charge in [0.2, 0.25) is 5.91 Å². The molecule has 0 bridgehead atoms. The minimum atomic E-state index is -0.110. The van der Waals surface area contributed by atoms with Crippen LogP contribution in [0, 0.1) is 25.2 Å². The smallest absolute Gasteiger partial charge is 0.229 e. The Morgan fingerprint density at radius 1 is 1.31 bits per heavy atom. The zero-order valence-corrected chi connectivity index (χ0v) is 15.8. The fraction of sp³-hybridized carbons (Fsp3) is 0.333. The summed E-state index contributed by atoms with van der Waals surface area (Å²) < 4.78 is 5.69. The van der Waals surface area contributed by atoms with Gasteiger partial charge in [-0.15, -0.1) is 11.3 Å². The number of rotatable bonds is 3. The lowest BCUT2D eigenvalue weighted by Gasteiger charge is -2.09. The highest BCUT2D eigenvalue weighted by molar-refractivity contribution is 7.16. The van der Waals surface area contributed by atoms with Crippen molar-refractivity contribution in [3.63, 3.8) is 0 Å². The third kappa shape index (κ3) is 2.81. The Morgan fingerprint density at radius 3 is 2.92 bits per heavy atom. The van der Waals surface area contributed by atoms with E-state index in [1.165, 1.54) is 10.4 Å². The first-order valence-electron chi connectivity index (χ1n) is 8.89. The average Bonchev–Trinajstić information content (AvgIpc) is 3.19. The minimum absolute atomic E-state index is 0.110. The van der Waals surface area contributed by atoms with Crippen molar-refractivity contribution in [1.82, 2.24) is 0 Å². The van der Waals surface area contributed by atoms with E-state index >= 15 is 0 Å².